The number of carbonyl (C=O) groups excluding carboxylic acids is 10. The SMILES string of the molecule is CC(=O)N[C@@H]1[C@@H](O)C[C@](OCCCSCCNC(=O)c2ccc(C(=O)NCCSCCCO[C@]3(C(=O)[O-])C[C@H](O)[C@@H](NC(C)=O)[C@H](C(O)[C@H](O)CNC(=O)c4ccc(-c5ccccc5)cc4)O3)c(OCCOCCOCCOCCOCCOCCNC(=O)CCCCC3SCC4NC(=O)NC43)c2)(C(=O)[O-])O[C@H]1C(O)[C@H](O)CNC(=O)c1ccc(-c2ccccc2)cc1.[Na+].[Na+]. The molecule has 4 aliphatic rings. The van der Waals surface area contributed by atoms with Gasteiger partial charge in [0.1, 0.15) is 48.7 Å². The average molecular weight is 1890 g/mol. The van der Waals surface area contributed by atoms with Gasteiger partial charge in [0.2, 0.25) is 29.3 Å². The Kier molecular flexibility index (Phi) is 49.2. The molecule has 4 fully saturated rings. The Bertz CT molecular complexity index is 4350. The summed E-state index contributed by atoms with van der Waals surface area (Å²) in [5, 5.41) is 118. The standard InChI is InChI=1S/C88H119N9O28S3.2Na/c1-55(98)94-74-66(100)50-87(84(111)112,124-78(74)76(105)68(102)52-92-80(107)61-23-19-59(20-24-61)57-13-5-3-6-14-57)122-32-11-45-126-47-30-90-82(109)63-27-28-64(70(49-63)121-44-43-120-42-41-119-40-39-118-38-37-117-36-35-116-34-29-89-72(104)18-10-9-17-71-73-65(54-128-71)96-86(115)97-73)83(110)91-31-48-127-46-12-33-123-88(85(113)114)51-67(101)75(95-56(2)99)79(125-88)77(106)69(103)53-93-81(108)62-25-21-60(22-26-62)58-15-7-4-8-16-58;;/h3-8,13-16,19-28,49,65-69,71,73-79,100-103,105-106H,9-12,17-18,29-48,50-54H2,1-2H3,(H,89,104)(H,90,109)(H,91,110)(H,92,107)(H,93,108)(H,94,98)(H,95,99)(H,111,112)(H,113,114)(H2,96,97,115);;/q;2*+1/p-2/t65?,66-,67-,68+,69+,71?,73?,74+,75+,76?,77?,78+,79+,87+,88+;;/m0../s1. The van der Waals surface area contributed by atoms with Crippen molar-refractivity contribution < 1.29 is 195 Å². The molecule has 5 unspecified atom stereocenters. The molecular weight excluding hydrogens is 1770 g/mol. The molecule has 4 saturated heterocycles. The summed E-state index contributed by atoms with van der Waals surface area (Å²) in [5.74, 6) is -10.4. The zero-order valence-electron chi connectivity index (χ0n) is 73.4. The van der Waals surface area contributed by atoms with Crippen LogP contribution in [0.25, 0.3) is 22.3 Å². The molecule has 9 amide bonds. The van der Waals surface area contributed by atoms with Crippen molar-refractivity contribution in [2.24, 2.45) is 0 Å². The van der Waals surface area contributed by atoms with E-state index in [4.69, 9.17) is 47.4 Å². The minimum absolute atomic E-state index is 0. The van der Waals surface area contributed by atoms with Gasteiger partial charge in [-0.3, -0.25) is 33.6 Å². The second-order valence-electron chi connectivity index (χ2n) is 30.6. The molecule has 4 heterocycles. The Hall–Kier alpha value is -7.15. The van der Waals surface area contributed by atoms with Crippen LogP contribution in [0.1, 0.15) is 107 Å². The van der Waals surface area contributed by atoms with Crippen LogP contribution in [-0.2, 0) is 66.6 Å². The number of benzene rings is 5. The molecule has 0 radical (unpaired) electrons. The minimum Gasteiger partial charge on any atom is -0.544 e. The van der Waals surface area contributed by atoms with E-state index in [-0.39, 0.29) is 183 Å². The molecule has 42 heteroatoms. The largest absolute Gasteiger partial charge is 1.00 e. The molecule has 0 saturated carbocycles. The van der Waals surface area contributed by atoms with E-state index >= 15 is 0 Å². The van der Waals surface area contributed by atoms with Crippen molar-refractivity contribution in [3.8, 4) is 28.0 Å². The third-order valence-electron chi connectivity index (χ3n) is 21.1. The summed E-state index contributed by atoms with van der Waals surface area (Å²) in [6, 6.07) is 33.8. The zero-order valence-corrected chi connectivity index (χ0v) is 79.9. The van der Waals surface area contributed by atoms with Gasteiger partial charge >= 0.3 is 65.1 Å². The Morgan fingerprint density at radius 2 is 0.915 bits per heavy atom. The molecule has 0 aliphatic carbocycles. The van der Waals surface area contributed by atoms with E-state index in [1.807, 2.05) is 72.4 Å². The van der Waals surface area contributed by atoms with E-state index in [9.17, 15) is 88.8 Å². The second kappa shape index (κ2) is 58.2. The molecular formula is C88H117N9Na2O28S3. The third kappa shape index (κ3) is 35.3. The monoisotopic (exact) mass is 1890 g/mol. The van der Waals surface area contributed by atoms with Crippen LogP contribution in [0.3, 0.4) is 0 Å². The summed E-state index contributed by atoms with van der Waals surface area (Å²) in [5.41, 5.74) is 4.25. The summed E-state index contributed by atoms with van der Waals surface area (Å²) < 4.78 is 57.4. The van der Waals surface area contributed by atoms with E-state index in [2.05, 4.69) is 47.9 Å². The Labute approximate surface area is 811 Å². The topological polar surface area (TPSA) is 539 Å². The van der Waals surface area contributed by atoms with Gasteiger partial charge in [-0.1, -0.05) is 91.3 Å². The molecule has 37 nitrogen and oxygen atoms in total. The number of aliphatic hydroxyl groups is 6. The summed E-state index contributed by atoms with van der Waals surface area (Å²) in [6.45, 7) is 3.93. The van der Waals surface area contributed by atoms with Crippen LogP contribution in [0.15, 0.2) is 127 Å². The number of unbranched alkanes of at least 4 members (excludes halogenated alkanes) is 1. The first-order chi connectivity index (χ1) is 61.7. The molecule has 130 heavy (non-hydrogen) atoms. The number of fused-ring (bicyclic) bond motifs is 1. The molecule has 0 bridgehead atoms. The number of urea groups is 1. The fourth-order valence-electron chi connectivity index (χ4n) is 14.5. The number of amides is 9. The molecule has 5 aromatic rings. The maximum absolute atomic E-state index is 13.9. The van der Waals surface area contributed by atoms with Crippen LogP contribution in [-0.4, -0.2) is 327 Å². The van der Waals surface area contributed by atoms with Crippen LogP contribution < -0.4 is 122 Å². The summed E-state index contributed by atoms with van der Waals surface area (Å²) in [6.07, 6.45) is -12.6. The number of rotatable bonds is 58. The first-order valence-corrected chi connectivity index (χ1v) is 46.0. The van der Waals surface area contributed by atoms with Crippen LogP contribution >= 0.6 is 35.3 Å². The zero-order chi connectivity index (χ0) is 91.8. The smallest absolute Gasteiger partial charge is 0.544 e. The number of thioether (sulfide) groups is 3. The molecule has 4 aliphatic heterocycles. The van der Waals surface area contributed by atoms with Crippen molar-refractivity contribution in [2.75, 3.05) is 147 Å². The fraction of sp³-hybridized carbons (Fsp3) is 0.545. The maximum Gasteiger partial charge on any atom is 1.00 e. The van der Waals surface area contributed by atoms with Gasteiger partial charge in [0.25, 0.3) is 23.6 Å². The second-order valence-corrected chi connectivity index (χ2v) is 34.4. The number of carboxylic acids is 2. The normalized spacial score (nSPS) is 21.8. The molecule has 5 aromatic carbocycles. The molecule has 0 spiro atoms. The first kappa shape index (κ1) is 110. The number of hydrogen-bond acceptors (Lipinski definition) is 31. The molecule has 702 valence electrons. The summed E-state index contributed by atoms with van der Waals surface area (Å²) >= 11 is 4.58. The fourth-order valence-corrected chi connectivity index (χ4v) is 17.6. The van der Waals surface area contributed by atoms with Gasteiger partial charge in [0.05, 0.1) is 133 Å². The van der Waals surface area contributed by atoms with Crippen LogP contribution in [0.4, 0.5) is 4.79 Å². The van der Waals surface area contributed by atoms with Crippen molar-refractivity contribution in [3.05, 3.63) is 150 Å². The number of aliphatic carboxylic acids is 2. The van der Waals surface area contributed by atoms with Crippen molar-refractivity contribution >= 4 is 94.6 Å². The number of carbonyl (C=O) groups is 10. The maximum atomic E-state index is 13.9. The Balaban J connectivity index is 0.0000116. The molecule has 15 N–H and O–H groups in total. The van der Waals surface area contributed by atoms with Gasteiger partial charge < -0.3 is 146 Å². The average Bonchev–Trinajstić information content (AvgIpc) is 0.983. The number of aliphatic hydroxyl groups excluding tert-OH is 6. The molecule has 15 atom stereocenters. The Morgan fingerprint density at radius 1 is 0.492 bits per heavy atom. The van der Waals surface area contributed by atoms with Crippen LogP contribution in [0, 0.1) is 0 Å². The van der Waals surface area contributed by atoms with Gasteiger partial charge in [0.15, 0.2) is 0 Å². The third-order valence-corrected chi connectivity index (χ3v) is 24.8. The van der Waals surface area contributed by atoms with Crippen LogP contribution in [0.2, 0.25) is 0 Å². The van der Waals surface area contributed by atoms with Crippen molar-refractivity contribution in [1.29, 1.82) is 0 Å². The number of ether oxygens (including phenoxy) is 10. The van der Waals surface area contributed by atoms with Gasteiger partial charge in [-0.15, -0.1) is 0 Å². The Morgan fingerprint density at radius 3 is 1.37 bits per heavy atom. The van der Waals surface area contributed by atoms with Gasteiger partial charge in [0, 0.05) is 105 Å². The quantitative estimate of drug-likeness (QED) is 0.00978. The summed E-state index contributed by atoms with van der Waals surface area (Å²) in [7, 11) is 0. The van der Waals surface area contributed by atoms with E-state index < -0.39 is 146 Å². The first-order valence-electron chi connectivity index (χ1n) is 42.6. The minimum atomic E-state index is -2.66. The predicted molar refractivity (Wildman–Crippen MR) is 468 cm³/mol. The van der Waals surface area contributed by atoms with Gasteiger partial charge in [-0.2, -0.15) is 35.3 Å². The van der Waals surface area contributed by atoms with E-state index in [0.29, 0.717) is 80.9 Å². The van der Waals surface area contributed by atoms with E-state index in [1.54, 1.807) is 48.5 Å². The molecule has 0 aromatic heterocycles. The van der Waals surface area contributed by atoms with E-state index in [1.165, 1.54) is 41.7 Å². The summed E-state index contributed by atoms with van der Waals surface area (Å²) in [4.78, 5) is 128. The number of nitrogens with one attached hydrogen (secondary N) is 9. The van der Waals surface area contributed by atoms with Gasteiger partial charge in [-0.05, 0) is 102 Å². The van der Waals surface area contributed by atoms with Gasteiger partial charge in [-0.25, -0.2) is 4.79 Å². The van der Waals surface area contributed by atoms with Crippen molar-refractivity contribution in [3.63, 3.8) is 0 Å². The van der Waals surface area contributed by atoms with E-state index in [0.717, 1.165) is 61.1 Å². The number of carboxylic acid groups (broad SMARTS) is 2. The van der Waals surface area contributed by atoms with Crippen molar-refractivity contribution in [1.82, 2.24) is 47.9 Å². The predicted octanol–water partition coefficient (Wildman–Crippen LogP) is -6.42. The van der Waals surface area contributed by atoms with Crippen molar-refractivity contribution in [2.45, 2.75) is 155 Å². The van der Waals surface area contributed by atoms with Crippen LogP contribution in [0.5, 0.6) is 5.75 Å². The molecule has 9 rings (SSSR count). The number of hydrogen-bond donors (Lipinski definition) is 15.